The maximum Gasteiger partial charge on any atom is 0.293 e. The van der Waals surface area contributed by atoms with E-state index >= 15 is 0 Å². The second-order valence-electron chi connectivity index (χ2n) is 5.77. The summed E-state index contributed by atoms with van der Waals surface area (Å²) in [6.07, 6.45) is 3.34. The van der Waals surface area contributed by atoms with Crippen LogP contribution in [0.15, 0.2) is 62.9 Å². The first-order valence-corrected chi connectivity index (χ1v) is 10.9. The van der Waals surface area contributed by atoms with Crippen molar-refractivity contribution in [1.29, 1.82) is 0 Å². The zero-order chi connectivity index (χ0) is 20.3. The van der Waals surface area contributed by atoms with Crippen molar-refractivity contribution in [2.45, 2.75) is 6.54 Å². The highest BCUT2D eigenvalue weighted by atomic mass is 79.9. The Labute approximate surface area is 188 Å². The SMILES string of the molecule is C=CCOc1c(Br)cc(/C=C2\SC(=O)N(Cc3ccccc3Cl)C2=O)cc1Br. The van der Waals surface area contributed by atoms with Crippen molar-refractivity contribution in [3.8, 4) is 5.75 Å². The van der Waals surface area contributed by atoms with Crippen molar-refractivity contribution in [3.05, 3.63) is 79.1 Å². The Hall–Kier alpha value is -1.54. The van der Waals surface area contributed by atoms with E-state index in [9.17, 15) is 9.59 Å². The third kappa shape index (κ3) is 4.71. The first kappa shape index (κ1) is 21.2. The van der Waals surface area contributed by atoms with E-state index < -0.39 is 0 Å². The van der Waals surface area contributed by atoms with Gasteiger partial charge in [-0.25, -0.2) is 0 Å². The lowest BCUT2D eigenvalue weighted by Crippen LogP contribution is -2.27. The molecule has 0 saturated carbocycles. The topological polar surface area (TPSA) is 46.6 Å². The van der Waals surface area contributed by atoms with E-state index in [-0.39, 0.29) is 17.7 Å². The summed E-state index contributed by atoms with van der Waals surface area (Å²) in [4.78, 5) is 26.6. The second-order valence-corrected chi connectivity index (χ2v) is 8.88. The van der Waals surface area contributed by atoms with Crippen molar-refractivity contribution in [2.75, 3.05) is 6.61 Å². The van der Waals surface area contributed by atoms with Gasteiger partial charge in [-0.1, -0.05) is 42.5 Å². The molecule has 0 unspecified atom stereocenters. The van der Waals surface area contributed by atoms with Gasteiger partial charge < -0.3 is 4.74 Å². The third-order valence-electron chi connectivity index (χ3n) is 3.82. The molecule has 2 amide bonds. The summed E-state index contributed by atoms with van der Waals surface area (Å²) in [7, 11) is 0. The maximum atomic E-state index is 12.7. The van der Waals surface area contributed by atoms with E-state index in [4.69, 9.17) is 16.3 Å². The Kier molecular flexibility index (Phi) is 7.04. The molecule has 1 heterocycles. The van der Waals surface area contributed by atoms with E-state index in [1.807, 2.05) is 18.2 Å². The van der Waals surface area contributed by atoms with Crippen molar-refractivity contribution in [3.63, 3.8) is 0 Å². The molecule has 1 aliphatic rings. The fourth-order valence-corrected chi connectivity index (χ4v) is 5.01. The summed E-state index contributed by atoms with van der Waals surface area (Å²) in [5.74, 6) is 0.304. The Morgan fingerprint density at radius 1 is 1.18 bits per heavy atom. The number of rotatable bonds is 6. The molecule has 0 radical (unpaired) electrons. The number of benzene rings is 2. The number of nitrogens with zero attached hydrogens (tertiary/aromatic N) is 1. The molecule has 0 spiro atoms. The van der Waals surface area contributed by atoms with Gasteiger partial charge in [0, 0.05) is 5.02 Å². The molecule has 8 heteroatoms. The minimum atomic E-state index is -0.339. The standard InChI is InChI=1S/C20H14Br2ClNO3S/c1-2-7-27-18-14(21)8-12(9-15(18)22)10-17-19(25)24(20(26)28-17)11-13-5-3-4-6-16(13)23/h2-6,8-10H,1,7,11H2/b17-10-. The number of hydrogen-bond acceptors (Lipinski definition) is 4. The lowest BCUT2D eigenvalue weighted by molar-refractivity contribution is -0.123. The Morgan fingerprint density at radius 2 is 1.86 bits per heavy atom. The van der Waals surface area contributed by atoms with Gasteiger partial charge in [0.05, 0.1) is 20.4 Å². The minimum absolute atomic E-state index is 0.142. The first-order chi connectivity index (χ1) is 13.4. The molecule has 2 aromatic carbocycles. The molecule has 0 N–H and O–H groups in total. The molecule has 0 aromatic heterocycles. The summed E-state index contributed by atoms with van der Waals surface area (Å²) in [6, 6.07) is 10.8. The fourth-order valence-electron chi connectivity index (χ4n) is 2.53. The number of ether oxygens (including phenoxy) is 1. The number of carbonyl (C=O) groups excluding carboxylic acids is 2. The molecule has 0 atom stereocenters. The summed E-state index contributed by atoms with van der Waals surface area (Å²) in [5.41, 5.74) is 1.48. The molecule has 1 aliphatic heterocycles. The Morgan fingerprint density at radius 3 is 2.50 bits per heavy atom. The Balaban J connectivity index is 1.83. The van der Waals surface area contributed by atoms with Crippen LogP contribution in [-0.2, 0) is 11.3 Å². The van der Waals surface area contributed by atoms with Crippen LogP contribution in [0.1, 0.15) is 11.1 Å². The largest absolute Gasteiger partial charge is 0.487 e. The average molecular weight is 544 g/mol. The van der Waals surface area contributed by atoms with Crippen LogP contribution < -0.4 is 4.74 Å². The van der Waals surface area contributed by atoms with Gasteiger partial charge >= 0.3 is 0 Å². The van der Waals surface area contributed by atoms with Crippen LogP contribution in [0, 0.1) is 0 Å². The fraction of sp³-hybridized carbons (Fsp3) is 0.100. The molecule has 28 heavy (non-hydrogen) atoms. The lowest BCUT2D eigenvalue weighted by atomic mass is 10.2. The monoisotopic (exact) mass is 541 g/mol. The molecule has 2 aromatic rings. The molecule has 0 bridgehead atoms. The molecule has 0 aliphatic carbocycles. The molecular formula is C20H14Br2ClNO3S. The van der Waals surface area contributed by atoms with Gasteiger partial charge in [-0.2, -0.15) is 0 Å². The normalized spacial score (nSPS) is 15.4. The number of amides is 2. The predicted octanol–water partition coefficient (Wildman–Crippen LogP) is 6.67. The maximum absolute atomic E-state index is 12.7. The highest BCUT2D eigenvalue weighted by molar-refractivity contribution is 9.11. The lowest BCUT2D eigenvalue weighted by Gasteiger charge is -2.13. The van der Waals surface area contributed by atoms with Crippen molar-refractivity contribution in [1.82, 2.24) is 4.90 Å². The van der Waals surface area contributed by atoms with Crippen LogP contribution in [0.5, 0.6) is 5.75 Å². The second kappa shape index (κ2) is 9.31. The number of carbonyl (C=O) groups is 2. The highest BCUT2D eigenvalue weighted by Crippen LogP contribution is 2.38. The van der Waals surface area contributed by atoms with Gasteiger partial charge in [0.2, 0.25) is 0 Å². The smallest absolute Gasteiger partial charge is 0.293 e. The van der Waals surface area contributed by atoms with E-state index in [2.05, 4.69) is 38.4 Å². The van der Waals surface area contributed by atoms with Crippen LogP contribution in [0.3, 0.4) is 0 Å². The van der Waals surface area contributed by atoms with Crippen molar-refractivity contribution in [2.24, 2.45) is 0 Å². The molecule has 4 nitrogen and oxygen atoms in total. The van der Waals surface area contributed by atoms with E-state index in [1.165, 1.54) is 4.90 Å². The van der Waals surface area contributed by atoms with Crippen LogP contribution in [0.25, 0.3) is 6.08 Å². The van der Waals surface area contributed by atoms with Crippen LogP contribution in [-0.4, -0.2) is 22.7 Å². The van der Waals surface area contributed by atoms with Crippen LogP contribution in [0.2, 0.25) is 5.02 Å². The van der Waals surface area contributed by atoms with Crippen molar-refractivity contribution >= 4 is 72.4 Å². The summed E-state index contributed by atoms with van der Waals surface area (Å²) < 4.78 is 7.05. The quantitative estimate of drug-likeness (QED) is 0.302. The van der Waals surface area contributed by atoms with Gasteiger partial charge in [0.15, 0.2) is 0 Å². The van der Waals surface area contributed by atoms with E-state index in [0.717, 1.165) is 31.8 Å². The molecular weight excluding hydrogens is 530 g/mol. The minimum Gasteiger partial charge on any atom is -0.487 e. The summed E-state index contributed by atoms with van der Waals surface area (Å²) >= 11 is 14.0. The predicted molar refractivity (Wildman–Crippen MR) is 121 cm³/mol. The zero-order valence-electron chi connectivity index (χ0n) is 14.5. The van der Waals surface area contributed by atoms with E-state index in [1.54, 1.807) is 30.4 Å². The van der Waals surface area contributed by atoms with Gasteiger partial charge in [-0.3, -0.25) is 14.5 Å². The van der Waals surface area contributed by atoms with Gasteiger partial charge in [-0.15, -0.1) is 0 Å². The van der Waals surface area contributed by atoms with Crippen molar-refractivity contribution < 1.29 is 14.3 Å². The first-order valence-electron chi connectivity index (χ1n) is 8.12. The summed E-state index contributed by atoms with van der Waals surface area (Å²) in [6.45, 7) is 4.14. The van der Waals surface area contributed by atoms with Gasteiger partial charge in [0.1, 0.15) is 12.4 Å². The van der Waals surface area contributed by atoms with Crippen LogP contribution >= 0.6 is 55.2 Å². The third-order valence-corrected chi connectivity index (χ3v) is 6.28. The molecule has 1 saturated heterocycles. The molecule has 144 valence electrons. The average Bonchev–Trinajstić information content (AvgIpc) is 2.90. The molecule has 1 fully saturated rings. The van der Waals surface area contributed by atoms with Crippen LogP contribution in [0.4, 0.5) is 4.79 Å². The number of imide groups is 1. The number of hydrogen-bond donors (Lipinski definition) is 0. The number of halogens is 3. The van der Waals surface area contributed by atoms with E-state index in [0.29, 0.717) is 22.3 Å². The number of thioether (sulfide) groups is 1. The molecule has 3 rings (SSSR count). The van der Waals surface area contributed by atoms with Gasteiger partial charge in [-0.05, 0) is 79.0 Å². The Bertz CT molecular complexity index is 970. The highest BCUT2D eigenvalue weighted by Gasteiger charge is 2.35. The zero-order valence-corrected chi connectivity index (χ0v) is 19.2. The summed E-state index contributed by atoms with van der Waals surface area (Å²) in [5, 5.41) is 0.203. The van der Waals surface area contributed by atoms with Gasteiger partial charge in [0.25, 0.3) is 11.1 Å².